The van der Waals surface area contributed by atoms with Gasteiger partial charge in [0.05, 0.1) is 5.52 Å². The molecule has 0 radical (unpaired) electrons. The minimum Gasteiger partial charge on any atom is -0.481 e. The Kier molecular flexibility index (Phi) is 5.18. The molecule has 2 aromatic carbocycles. The molecule has 0 spiro atoms. The van der Waals surface area contributed by atoms with Gasteiger partial charge in [-0.15, -0.1) is 0 Å². The number of alkyl halides is 3. The molecule has 0 aliphatic rings. The minimum atomic E-state index is -4.55. The van der Waals surface area contributed by atoms with E-state index in [9.17, 15) is 17.6 Å². The highest BCUT2D eigenvalue weighted by atomic mass is 19.4. The average Bonchev–Trinajstić information content (AvgIpc) is 2.73. The molecule has 4 rings (SSSR count). The van der Waals surface area contributed by atoms with Gasteiger partial charge in [-0.1, -0.05) is 12.1 Å². The monoisotopic (exact) mass is 414 g/mol. The van der Waals surface area contributed by atoms with Crippen molar-refractivity contribution >= 4 is 22.4 Å². The molecule has 0 atom stereocenters. The van der Waals surface area contributed by atoms with Gasteiger partial charge in [-0.2, -0.15) is 13.2 Å². The topological polar surface area (TPSA) is 59.9 Å². The van der Waals surface area contributed by atoms with E-state index >= 15 is 0 Å². The summed E-state index contributed by atoms with van der Waals surface area (Å²) in [4.78, 5) is 13.1. The lowest BCUT2D eigenvalue weighted by atomic mass is 10.2. The van der Waals surface area contributed by atoms with E-state index in [0.717, 1.165) is 17.7 Å². The molecule has 1 N–H and O–H groups in total. The summed E-state index contributed by atoms with van der Waals surface area (Å²) in [5.41, 5.74) is 1.73. The van der Waals surface area contributed by atoms with Crippen molar-refractivity contribution in [2.45, 2.75) is 6.18 Å². The van der Waals surface area contributed by atoms with Crippen LogP contribution >= 0.6 is 0 Å². The Labute approximate surface area is 168 Å². The van der Waals surface area contributed by atoms with E-state index in [2.05, 4.69) is 25.0 Å². The first-order valence-corrected chi connectivity index (χ1v) is 8.82. The number of anilines is 2. The highest BCUT2D eigenvalue weighted by molar-refractivity contribution is 5.92. The number of fused-ring (bicyclic) bond motifs is 1. The van der Waals surface area contributed by atoms with Crippen molar-refractivity contribution in [1.29, 1.82) is 0 Å². The number of halogens is 4. The highest BCUT2D eigenvalue weighted by Crippen LogP contribution is 2.29. The number of benzene rings is 2. The van der Waals surface area contributed by atoms with Crippen LogP contribution < -0.4 is 10.1 Å². The largest absolute Gasteiger partial charge is 0.481 e. The number of hydrogen-bond acceptors (Lipinski definition) is 5. The van der Waals surface area contributed by atoms with Crippen LogP contribution in [0.15, 0.2) is 67.0 Å². The van der Waals surface area contributed by atoms with Crippen LogP contribution in [0.2, 0.25) is 0 Å². The lowest BCUT2D eigenvalue weighted by Gasteiger charge is -2.13. The second-order valence-electron chi connectivity index (χ2n) is 6.32. The molecule has 4 aromatic rings. The third kappa shape index (κ3) is 4.45. The molecule has 0 amide bonds. The molecule has 9 heteroatoms. The van der Waals surface area contributed by atoms with Crippen LogP contribution in [0, 0.1) is 5.82 Å². The van der Waals surface area contributed by atoms with Gasteiger partial charge in [-0.25, -0.2) is 14.4 Å². The van der Waals surface area contributed by atoms with E-state index in [1.54, 1.807) is 24.5 Å². The number of pyridine rings is 1. The molecule has 0 aliphatic heterocycles. The van der Waals surface area contributed by atoms with Gasteiger partial charge in [0, 0.05) is 35.1 Å². The Morgan fingerprint density at radius 3 is 2.43 bits per heavy atom. The summed E-state index contributed by atoms with van der Waals surface area (Å²) in [5, 5.41) is 3.71. The zero-order valence-electron chi connectivity index (χ0n) is 15.3. The SMILES string of the molecule is Fc1cc(Nc2nc(-c3ccncc3)nc3ccccc23)ccc1OCC(F)(F)F. The fourth-order valence-corrected chi connectivity index (χ4v) is 2.79. The predicted octanol–water partition coefficient (Wildman–Crippen LogP) is 5.52. The van der Waals surface area contributed by atoms with Crippen molar-refractivity contribution < 1.29 is 22.3 Å². The Bertz CT molecular complexity index is 1180. The van der Waals surface area contributed by atoms with E-state index in [1.165, 1.54) is 6.07 Å². The molecule has 2 aromatic heterocycles. The van der Waals surface area contributed by atoms with E-state index < -0.39 is 24.3 Å². The first-order valence-electron chi connectivity index (χ1n) is 8.82. The second-order valence-corrected chi connectivity index (χ2v) is 6.32. The third-order valence-electron chi connectivity index (χ3n) is 4.13. The van der Waals surface area contributed by atoms with Crippen LogP contribution in [-0.2, 0) is 0 Å². The summed E-state index contributed by atoms with van der Waals surface area (Å²) in [6.07, 6.45) is -1.31. The summed E-state index contributed by atoms with van der Waals surface area (Å²) in [6, 6.07) is 14.4. The quantitative estimate of drug-likeness (QED) is 0.436. The molecular formula is C21H14F4N4O. The van der Waals surface area contributed by atoms with Crippen molar-refractivity contribution in [3.8, 4) is 17.1 Å². The summed E-state index contributed by atoms with van der Waals surface area (Å²) < 4.78 is 55.6. The van der Waals surface area contributed by atoms with Gasteiger partial charge in [0.1, 0.15) is 5.82 Å². The average molecular weight is 414 g/mol. The van der Waals surface area contributed by atoms with Crippen molar-refractivity contribution in [1.82, 2.24) is 15.0 Å². The van der Waals surface area contributed by atoms with Crippen LogP contribution in [0.3, 0.4) is 0 Å². The van der Waals surface area contributed by atoms with Gasteiger partial charge in [-0.05, 0) is 36.4 Å². The van der Waals surface area contributed by atoms with Crippen molar-refractivity contribution in [2.24, 2.45) is 0 Å². The number of ether oxygens (including phenoxy) is 1. The van der Waals surface area contributed by atoms with Crippen LogP contribution in [-0.4, -0.2) is 27.7 Å². The van der Waals surface area contributed by atoms with Crippen LogP contribution in [0.25, 0.3) is 22.3 Å². The summed E-state index contributed by atoms with van der Waals surface area (Å²) in [7, 11) is 0. The summed E-state index contributed by atoms with van der Waals surface area (Å²) in [6.45, 7) is -1.57. The smallest absolute Gasteiger partial charge is 0.422 e. The summed E-state index contributed by atoms with van der Waals surface area (Å²) in [5.74, 6) is -0.528. The number of nitrogens with zero attached hydrogens (tertiary/aromatic N) is 3. The lowest BCUT2D eigenvalue weighted by molar-refractivity contribution is -0.153. The highest BCUT2D eigenvalue weighted by Gasteiger charge is 2.29. The van der Waals surface area contributed by atoms with E-state index in [0.29, 0.717) is 28.2 Å². The normalized spacial score (nSPS) is 11.5. The molecule has 0 saturated carbocycles. The van der Waals surface area contributed by atoms with Gasteiger partial charge < -0.3 is 10.1 Å². The first-order chi connectivity index (χ1) is 14.4. The second kappa shape index (κ2) is 7.94. The van der Waals surface area contributed by atoms with Gasteiger partial charge >= 0.3 is 6.18 Å². The molecule has 0 aliphatic carbocycles. The van der Waals surface area contributed by atoms with Gasteiger partial charge in [0.2, 0.25) is 0 Å². The molecule has 5 nitrogen and oxygen atoms in total. The number of para-hydroxylation sites is 1. The molecule has 0 unspecified atom stereocenters. The third-order valence-corrected chi connectivity index (χ3v) is 4.13. The van der Waals surface area contributed by atoms with Gasteiger partial charge in [0.25, 0.3) is 0 Å². The first kappa shape index (κ1) is 19.6. The van der Waals surface area contributed by atoms with E-state index in [4.69, 9.17) is 0 Å². The summed E-state index contributed by atoms with van der Waals surface area (Å²) >= 11 is 0. The van der Waals surface area contributed by atoms with Gasteiger partial charge in [0.15, 0.2) is 24.0 Å². The number of nitrogens with one attached hydrogen (secondary N) is 1. The van der Waals surface area contributed by atoms with Crippen molar-refractivity contribution in [3.63, 3.8) is 0 Å². The van der Waals surface area contributed by atoms with Crippen LogP contribution in [0.1, 0.15) is 0 Å². The fourth-order valence-electron chi connectivity index (χ4n) is 2.79. The zero-order chi connectivity index (χ0) is 21.1. The maximum Gasteiger partial charge on any atom is 0.422 e. The predicted molar refractivity (Wildman–Crippen MR) is 104 cm³/mol. The maximum atomic E-state index is 14.2. The van der Waals surface area contributed by atoms with Crippen molar-refractivity contribution in [3.05, 3.63) is 72.8 Å². The molecule has 0 saturated heterocycles. The minimum absolute atomic E-state index is 0.302. The Morgan fingerprint density at radius 2 is 1.70 bits per heavy atom. The molecular weight excluding hydrogens is 400 g/mol. The number of aromatic nitrogens is 3. The maximum absolute atomic E-state index is 14.2. The van der Waals surface area contributed by atoms with E-state index in [-0.39, 0.29) is 0 Å². The zero-order valence-corrected chi connectivity index (χ0v) is 15.3. The van der Waals surface area contributed by atoms with Gasteiger partial charge in [-0.3, -0.25) is 4.98 Å². The van der Waals surface area contributed by atoms with Crippen LogP contribution in [0.5, 0.6) is 5.75 Å². The fraction of sp³-hybridized carbons (Fsp3) is 0.0952. The van der Waals surface area contributed by atoms with Crippen molar-refractivity contribution in [2.75, 3.05) is 11.9 Å². The Morgan fingerprint density at radius 1 is 0.933 bits per heavy atom. The molecule has 0 fully saturated rings. The number of rotatable bonds is 5. The lowest BCUT2D eigenvalue weighted by Crippen LogP contribution is -2.19. The molecule has 2 heterocycles. The standard InChI is InChI=1S/C21H14F4N4O/c22-16-11-14(5-6-18(16)30-12-21(23,24)25)27-20-15-3-1-2-4-17(15)28-19(29-20)13-7-9-26-10-8-13/h1-11H,12H2,(H,27,28,29). The van der Waals surface area contributed by atoms with Crippen LogP contribution in [0.4, 0.5) is 29.1 Å². The Hall–Kier alpha value is -3.75. The molecule has 0 bridgehead atoms. The molecule has 152 valence electrons. The molecule has 30 heavy (non-hydrogen) atoms. The Balaban J connectivity index is 1.67. The van der Waals surface area contributed by atoms with E-state index in [1.807, 2.05) is 24.3 Å². The number of hydrogen-bond donors (Lipinski definition) is 1.